The van der Waals surface area contributed by atoms with Gasteiger partial charge in [0.25, 0.3) is 0 Å². The van der Waals surface area contributed by atoms with Crippen LogP contribution in [0.5, 0.6) is 0 Å². The maximum absolute atomic E-state index is 11.9. The summed E-state index contributed by atoms with van der Waals surface area (Å²) >= 11 is 0. The Balaban J connectivity index is 2.03. The third-order valence-electron chi connectivity index (χ3n) is 3.94. The van der Waals surface area contributed by atoms with E-state index in [0.29, 0.717) is 5.56 Å². The second-order valence-corrected chi connectivity index (χ2v) is 6.19. The Labute approximate surface area is 141 Å². The van der Waals surface area contributed by atoms with Crippen molar-refractivity contribution in [1.29, 1.82) is 0 Å². The molecule has 1 atom stereocenters. The van der Waals surface area contributed by atoms with Crippen molar-refractivity contribution < 1.29 is 9.53 Å². The minimum absolute atomic E-state index is 0.0132. The molecule has 2 nitrogen and oxygen atoms in total. The number of hydrogen-bond donors (Lipinski definition) is 0. The number of ether oxygens (including phenoxy) is 1. The zero-order valence-electron chi connectivity index (χ0n) is 14.8. The van der Waals surface area contributed by atoms with E-state index in [0.717, 1.165) is 19.3 Å². The Hall–Kier alpha value is -1.57. The lowest BCUT2D eigenvalue weighted by Crippen LogP contribution is -2.14. The Morgan fingerprint density at radius 2 is 1.65 bits per heavy atom. The first-order valence-corrected chi connectivity index (χ1v) is 9.15. The van der Waals surface area contributed by atoms with Crippen LogP contribution >= 0.6 is 0 Å². The summed E-state index contributed by atoms with van der Waals surface area (Å²) in [4.78, 5) is 11.9. The summed E-state index contributed by atoms with van der Waals surface area (Å²) in [6.07, 6.45) is 15.5. The Morgan fingerprint density at radius 1 is 1.00 bits per heavy atom. The number of benzene rings is 1. The van der Waals surface area contributed by atoms with Gasteiger partial charge < -0.3 is 4.74 Å². The average molecular weight is 316 g/mol. The van der Waals surface area contributed by atoms with Crippen LogP contribution < -0.4 is 0 Å². The van der Waals surface area contributed by atoms with Crippen LogP contribution in [0, 0.1) is 0 Å². The molecule has 1 aromatic carbocycles. The van der Waals surface area contributed by atoms with Gasteiger partial charge in [0.05, 0.1) is 11.7 Å². The lowest BCUT2D eigenvalue weighted by atomic mass is 10.1. The van der Waals surface area contributed by atoms with Crippen molar-refractivity contribution in [2.75, 3.05) is 0 Å². The van der Waals surface area contributed by atoms with E-state index >= 15 is 0 Å². The largest absolute Gasteiger partial charge is 0.459 e. The molecule has 1 rings (SSSR count). The Morgan fingerprint density at radius 3 is 2.30 bits per heavy atom. The van der Waals surface area contributed by atoms with E-state index in [1.165, 1.54) is 38.5 Å². The molecule has 0 N–H and O–H groups in total. The molecule has 0 radical (unpaired) electrons. The monoisotopic (exact) mass is 316 g/mol. The van der Waals surface area contributed by atoms with Crippen LogP contribution in [0.3, 0.4) is 0 Å². The highest BCUT2D eigenvalue weighted by Gasteiger charge is 2.10. The van der Waals surface area contributed by atoms with Crippen molar-refractivity contribution in [3.8, 4) is 0 Å². The topological polar surface area (TPSA) is 26.3 Å². The first kappa shape index (κ1) is 19.5. The van der Waals surface area contributed by atoms with Gasteiger partial charge in [-0.3, -0.25) is 0 Å². The zero-order valence-corrected chi connectivity index (χ0v) is 14.8. The highest BCUT2D eigenvalue weighted by molar-refractivity contribution is 5.89. The SMILES string of the molecule is CCCCCCC=CCCCCC(C)OC(=O)c1ccccc1. The van der Waals surface area contributed by atoms with Gasteiger partial charge in [-0.25, -0.2) is 4.79 Å². The quantitative estimate of drug-likeness (QED) is 0.256. The molecule has 0 saturated carbocycles. The van der Waals surface area contributed by atoms with Crippen LogP contribution in [0.25, 0.3) is 0 Å². The highest BCUT2D eigenvalue weighted by Crippen LogP contribution is 2.11. The van der Waals surface area contributed by atoms with E-state index in [1.807, 2.05) is 25.1 Å². The number of allylic oxidation sites excluding steroid dienone is 2. The van der Waals surface area contributed by atoms with Crippen LogP contribution in [-0.2, 0) is 4.74 Å². The number of rotatable bonds is 12. The van der Waals surface area contributed by atoms with Gasteiger partial charge in [-0.1, -0.05) is 56.5 Å². The molecule has 0 spiro atoms. The number of carbonyl (C=O) groups excluding carboxylic acids is 1. The first-order valence-electron chi connectivity index (χ1n) is 9.15. The van der Waals surface area contributed by atoms with Gasteiger partial charge in [0, 0.05) is 0 Å². The second-order valence-electron chi connectivity index (χ2n) is 6.19. The average Bonchev–Trinajstić information content (AvgIpc) is 2.57. The van der Waals surface area contributed by atoms with Crippen LogP contribution in [0.4, 0.5) is 0 Å². The summed E-state index contributed by atoms with van der Waals surface area (Å²) in [5.74, 6) is -0.218. The molecule has 0 saturated heterocycles. The van der Waals surface area contributed by atoms with Crippen molar-refractivity contribution in [3.05, 3.63) is 48.0 Å². The van der Waals surface area contributed by atoms with Crippen molar-refractivity contribution >= 4 is 5.97 Å². The molecule has 1 unspecified atom stereocenters. The molecule has 0 fully saturated rings. The molecule has 23 heavy (non-hydrogen) atoms. The molecule has 0 amide bonds. The molecule has 1 aromatic rings. The molecule has 0 aromatic heterocycles. The predicted molar refractivity (Wildman–Crippen MR) is 97.7 cm³/mol. The van der Waals surface area contributed by atoms with E-state index in [4.69, 9.17) is 4.74 Å². The standard InChI is InChI=1S/C21H32O2/c1-3-4-5-6-7-8-9-10-11-13-16-19(2)23-21(22)20-17-14-12-15-18-20/h8-9,12,14-15,17-19H,3-7,10-11,13,16H2,1-2H3. The summed E-state index contributed by atoms with van der Waals surface area (Å²) < 4.78 is 5.46. The van der Waals surface area contributed by atoms with Gasteiger partial charge in [-0.15, -0.1) is 0 Å². The van der Waals surface area contributed by atoms with E-state index in [2.05, 4.69) is 19.1 Å². The molecule has 0 bridgehead atoms. The number of esters is 1. The third kappa shape index (κ3) is 9.93. The van der Waals surface area contributed by atoms with Crippen LogP contribution in [0.1, 0.15) is 82.0 Å². The summed E-state index contributed by atoms with van der Waals surface area (Å²) in [6.45, 7) is 4.22. The van der Waals surface area contributed by atoms with Gasteiger partial charge >= 0.3 is 5.97 Å². The summed E-state index contributed by atoms with van der Waals surface area (Å²) in [5, 5.41) is 0. The molecule has 0 aliphatic carbocycles. The minimum Gasteiger partial charge on any atom is -0.459 e. The smallest absolute Gasteiger partial charge is 0.338 e. The van der Waals surface area contributed by atoms with Gasteiger partial charge in [0.1, 0.15) is 0 Å². The number of unbranched alkanes of at least 4 members (excludes halogenated alkanes) is 6. The molecule has 0 aliphatic heterocycles. The summed E-state index contributed by atoms with van der Waals surface area (Å²) in [5.41, 5.74) is 0.630. The van der Waals surface area contributed by atoms with Crippen LogP contribution in [-0.4, -0.2) is 12.1 Å². The van der Waals surface area contributed by atoms with Gasteiger partial charge in [0.15, 0.2) is 0 Å². The second kappa shape index (κ2) is 12.9. The predicted octanol–water partition coefficient (Wildman–Crippen LogP) is 6.32. The van der Waals surface area contributed by atoms with Crippen molar-refractivity contribution in [2.24, 2.45) is 0 Å². The summed E-state index contributed by atoms with van der Waals surface area (Å²) in [6, 6.07) is 9.20. The molecular weight excluding hydrogens is 284 g/mol. The maximum atomic E-state index is 11.9. The van der Waals surface area contributed by atoms with E-state index in [1.54, 1.807) is 12.1 Å². The molecule has 128 valence electrons. The molecule has 0 heterocycles. The lowest BCUT2D eigenvalue weighted by molar-refractivity contribution is 0.0320. The van der Waals surface area contributed by atoms with E-state index in [9.17, 15) is 4.79 Å². The number of hydrogen-bond acceptors (Lipinski definition) is 2. The Kier molecular flexibility index (Phi) is 10.9. The molecule has 0 aliphatic rings. The minimum atomic E-state index is -0.218. The van der Waals surface area contributed by atoms with E-state index < -0.39 is 0 Å². The highest BCUT2D eigenvalue weighted by atomic mass is 16.5. The fraction of sp³-hybridized carbons (Fsp3) is 0.571. The fourth-order valence-electron chi connectivity index (χ4n) is 2.50. The zero-order chi connectivity index (χ0) is 16.8. The summed E-state index contributed by atoms with van der Waals surface area (Å²) in [7, 11) is 0. The van der Waals surface area contributed by atoms with Crippen LogP contribution in [0.2, 0.25) is 0 Å². The fourth-order valence-corrected chi connectivity index (χ4v) is 2.50. The van der Waals surface area contributed by atoms with Crippen molar-refractivity contribution in [1.82, 2.24) is 0 Å². The maximum Gasteiger partial charge on any atom is 0.338 e. The molecule has 2 heteroatoms. The first-order chi connectivity index (χ1) is 11.2. The van der Waals surface area contributed by atoms with Crippen LogP contribution in [0.15, 0.2) is 42.5 Å². The van der Waals surface area contributed by atoms with Crippen molar-refractivity contribution in [3.63, 3.8) is 0 Å². The van der Waals surface area contributed by atoms with E-state index in [-0.39, 0.29) is 12.1 Å². The third-order valence-corrected chi connectivity index (χ3v) is 3.94. The van der Waals surface area contributed by atoms with Crippen molar-refractivity contribution in [2.45, 2.75) is 77.7 Å². The van der Waals surface area contributed by atoms with Gasteiger partial charge in [-0.05, 0) is 57.6 Å². The van der Waals surface area contributed by atoms with Gasteiger partial charge in [-0.2, -0.15) is 0 Å². The normalized spacial score (nSPS) is 12.4. The van der Waals surface area contributed by atoms with Gasteiger partial charge in [0.2, 0.25) is 0 Å². The molecular formula is C21H32O2. The Bertz CT molecular complexity index is 436. The lowest BCUT2D eigenvalue weighted by Gasteiger charge is -2.12. The number of carbonyl (C=O) groups is 1.